The van der Waals surface area contributed by atoms with Gasteiger partial charge in [0.1, 0.15) is 0 Å². The molecule has 5 heteroatoms. The third kappa shape index (κ3) is 2.67. The van der Waals surface area contributed by atoms with E-state index in [1.807, 2.05) is 6.92 Å². The molecule has 0 bridgehead atoms. The Hall–Kier alpha value is -0.650. The third-order valence-electron chi connectivity index (χ3n) is 2.68. The molecule has 0 aliphatic carbocycles. The number of ether oxygens (including phenoxy) is 1. The van der Waals surface area contributed by atoms with Crippen molar-refractivity contribution in [3.8, 4) is 0 Å². The van der Waals surface area contributed by atoms with Gasteiger partial charge in [0.05, 0.1) is 31.3 Å². The van der Waals surface area contributed by atoms with Crippen molar-refractivity contribution in [3.05, 3.63) is 0 Å². The molecule has 14 heavy (non-hydrogen) atoms. The van der Waals surface area contributed by atoms with Crippen LogP contribution >= 0.6 is 0 Å². The first-order chi connectivity index (χ1) is 6.62. The van der Waals surface area contributed by atoms with E-state index in [4.69, 9.17) is 14.9 Å². The van der Waals surface area contributed by atoms with Gasteiger partial charge >= 0.3 is 5.97 Å². The van der Waals surface area contributed by atoms with Gasteiger partial charge in [-0.2, -0.15) is 0 Å². The molecule has 82 valence electrons. The summed E-state index contributed by atoms with van der Waals surface area (Å²) in [4.78, 5) is 10.4. The molecule has 2 atom stereocenters. The molecule has 3 N–H and O–H groups in total. The monoisotopic (exact) mass is 203 g/mol. The highest BCUT2D eigenvalue weighted by atomic mass is 16.5. The highest BCUT2D eigenvalue weighted by Gasteiger charge is 2.34. The number of aliphatic carboxylic acids is 1. The molecule has 0 aromatic heterocycles. The van der Waals surface area contributed by atoms with Crippen LogP contribution in [0.3, 0.4) is 0 Å². The van der Waals surface area contributed by atoms with Crippen molar-refractivity contribution in [2.75, 3.05) is 19.8 Å². The second-order valence-corrected chi connectivity index (χ2v) is 3.70. The lowest BCUT2D eigenvalue weighted by molar-refractivity contribution is -0.142. The van der Waals surface area contributed by atoms with Crippen LogP contribution in [0.25, 0.3) is 0 Å². The Balaban J connectivity index is 2.40. The van der Waals surface area contributed by atoms with Gasteiger partial charge in [0.15, 0.2) is 0 Å². The number of carboxylic acids is 1. The van der Waals surface area contributed by atoms with Crippen LogP contribution in [0.1, 0.15) is 19.8 Å². The van der Waals surface area contributed by atoms with Gasteiger partial charge in [0.2, 0.25) is 0 Å². The van der Waals surface area contributed by atoms with Crippen LogP contribution < -0.4 is 5.32 Å². The zero-order valence-corrected chi connectivity index (χ0v) is 8.32. The molecule has 1 aliphatic rings. The summed E-state index contributed by atoms with van der Waals surface area (Å²) in [6.07, 6.45) is 0.500. The van der Waals surface area contributed by atoms with Crippen molar-refractivity contribution in [3.63, 3.8) is 0 Å². The normalized spacial score (nSPS) is 32.9. The van der Waals surface area contributed by atoms with Gasteiger partial charge in [-0.05, 0) is 6.42 Å². The molecule has 5 nitrogen and oxygen atoms in total. The Labute approximate surface area is 83.1 Å². The highest BCUT2D eigenvalue weighted by Crippen LogP contribution is 2.17. The van der Waals surface area contributed by atoms with Crippen LogP contribution in [0, 0.1) is 0 Å². The number of carboxylic acid groups (broad SMARTS) is 1. The maximum Gasteiger partial charge on any atom is 0.306 e. The van der Waals surface area contributed by atoms with Crippen LogP contribution in [-0.4, -0.2) is 47.6 Å². The molecular weight excluding hydrogens is 186 g/mol. The van der Waals surface area contributed by atoms with Crippen molar-refractivity contribution in [1.82, 2.24) is 5.32 Å². The molecule has 0 saturated carbocycles. The molecule has 1 aliphatic heterocycles. The van der Waals surface area contributed by atoms with Crippen LogP contribution in [0.15, 0.2) is 0 Å². The summed E-state index contributed by atoms with van der Waals surface area (Å²) in [5.41, 5.74) is -0.380. The van der Waals surface area contributed by atoms with Gasteiger partial charge in [-0.15, -0.1) is 0 Å². The van der Waals surface area contributed by atoms with E-state index in [0.29, 0.717) is 13.2 Å². The molecule has 1 heterocycles. The van der Waals surface area contributed by atoms with Crippen molar-refractivity contribution >= 4 is 5.97 Å². The second-order valence-electron chi connectivity index (χ2n) is 3.70. The number of morpholine rings is 1. The van der Waals surface area contributed by atoms with E-state index in [9.17, 15) is 4.79 Å². The summed E-state index contributed by atoms with van der Waals surface area (Å²) >= 11 is 0. The summed E-state index contributed by atoms with van der Waals surface area (Å²) < 4.78 is 5.38. The van der Waals surface area contributed by atoms with Gasteiger partial charge in [-0.25, -0.2) is 0 Å². The maximum absolute atomic E-state index is 10.4. The molecule has 1 fully saturated rings. The average Bonchev–Trinajstić information content (AvgIpc) is 2.19. The molecule has 1 rings (SSSR count). The summed E-state index contributed by atoms with van der Waals surface area (Å²) in [5, 5.41) is 20.9. The van der Waals surface area contributed by atoms with Crippen LogP contribution in [0.2, 0.25) is 0 Å². The van der Waals surface area contributed by atoms with Gasteiger partial charge in [-0.3, -0.25) is 4.79 Å². The number of rotatable bonds is 4. The number of nitrogens with one attached hydrogen (secondary N) is 1. The maximum atomic E-state index is 10.4. The minimum atomic E-state index is -0.857. The first-order valence-corrected chi connectivity index (χ1v) is 4.81. The van der Waals surface area contributed by atoms with Crippen LogP contribution in [0.4, 0.5) is 0 Å². The predicted octanol–water partition coefficient (Wildman–Crippen LogP) is -0.409. The Morgan fingerprint density at radius 1 is 1.71 bits per heavy atom. The molecule has 0 amide bonds. The molecule has 1 saturated heterocycles. The van der Waals surface area contributed by atoms with E-state index in [1.165, 1.54) is 0 Å². The fraction of sp³-hybridized carbons (Fsp3) is 0.889. The van der Waals surface area contributed by atoms with E-state index in [2.05, 4.69) is 5.32 Å². The number of hydrogen-bond acceptors (Lipinski definition) is 4. The van der Waals surface area contributed by atoms with E-state index >= 15 is 0 Å². The third-order valence-corrected chi connectivity index (χ3v) is 2.68. The first kappa shape index (κ1) is 11.4. The second kappa shape index (κ2) is 4.72. The Kier molecular flexibility index (Phi) is 3.86. The van der Waals surface area contributed by atoms with E-state index in [-0.39, 0.29) is 24.7 Å². The molecular formula is C9H17NO4. The van der Waals surface area contributed by atoms with Gasteiger partial charge in [0, 0.05) is 6.54 Å². The van der Waals surface area contributed by atoms with Crippen molar-refractivity contribution in [2.45, 2.75) is 31.4 Å². The lowest BCUT2D eigenvalue weighted by Crippen LogP contribution is -2.59. The Bertz CT molecular complexity index is 193. The standard InChI is InChI=1S/C9H17NO4/c1-2-9(5-11)6-14-7(4-10-9)3-8(12)13/h7,10-11H,2-6H2,1H3,(H,12,13)/t7-,9+/m0/s1. The lowest BCUT2D eigenvalue weighted by Gasteiger charge is -2.39. The van der Waals surface area contributed by atoms with Crippen LogP contribution in [-0.2, 0) is 9.53 Å². The van der Waals surface area contributed by atoms with E-state index in [0.717, 1.165) is 6.42 Å². The summed E-state index contributed by atoms with van der Waals surface area (Å²) in [5.74, 6) is -0.857. The van der Waals surface area contributed by atoms with Crippen LogP contribution in [0.5, 0.6) is 0 Å². The highest BCUT2D eigenvalue weighted by molar-refractivity contribution is 5.67. The molecule has 0 aromatic rings. The van der Waals surface area contributed by atoms with Crippen molar-refractivity contribution < 1.29 is 19.7 Å². The summed E-state index contributed by atoms with van der Waals surface area (Å²) in [7, 11) is 0. The summed E-state index contributed by atoms with van der Waals surface area (Å²) in [6.45, 7) is 2.84. The Morgan fingerprint density at radius 2 is 2.43 bits per heavy atom. The SMILES string of the molecule is CC[C@@]1(CO)CO[C@@H](CC(=O)O)CN1. The molecule has 0 radical (unpaired) electrons. The Morgan fingerprint density at radius 3 is 2.79 bits per heavy atom. The first-order valence-electron chi connectivity index (χ1n) is 4.81. The quantitative estimate of drug-likeness (QED) is 0.579. The number of hydrogen-bond donors (Lipinski definition) is 3. The number of carbonyl (C=O) groups is 1. The summed E-state index contributed by atoms with van der Waals surface area (Å²) in [6, 6.07) is 0. The minimum absolute atomic E-state index is 0.0121. The number of aliphatic hydroxyl groups excluding tert-OH is 1. The molecule has 0 aromatic carbocycles. The zero-order chi connectivity index (χ0) is 10.6. The van der Waals surface area contributed by atoms with E-state index in [1.54, 1.807) is 0 Å². The fourth-order valence-corrected chi connectivity index (χ4v) is 1.48. The van der Waals surface area contributed by atoms with Gasteiger partial charge in [0.25, 0.3) is 0 Å². The lowest BCUT2D eigenvalue weighted by atomic mass is 9.96. The predicted molar refractivity (Wildman–Crippen MR) is 50.1 cm³/mol. The zero-order valence-electron chi connectivity index (χ0n) is 8.32. The smallest absolute Gasteiger partial charge is 0.306 e. The topological polar surface area (TPSA) is 78.8 Å². The van der Waals surface area contributed by atoms with E-state index < -0.39 is 5.97 Å². The molecule has 0 spiro atoms. The number of aliphatic hydroxyl groups is 1. The molecule has 0 unspecified atom stereocenters. The van der Waals surface area contributed by atoms with Crippen molar-refractivity contribution in [2.24, 2.45) is 0 Å². The minimum Gasteiger partial charge on any atom is -0.481 e. The average molecular weight is 203 g/mol. The van der Waals surface area contributed by atoms with Gasteiger partial charge < -0.3 is 20.3 Å². The van der Waals surface area contributed by atoms with Gasteiger partial charge in [-0.1, -0.05) is 6.92 Å². The fourth-order valence-electron chi connectivity index (χ4n) is 1.48. The van der Waals surface area contributed by atoms with Crippen molar-refractivity contribution in [1.29, 1.82) is 0 Å². The largest absolute Gasteiger partial charge is 0.481 e.